The highest BCUT2D eigenvalue weighted by Crippen LogP contribution is 2.04. The first-order chi connectivity index (χ1) is 9.92. The largest absolute Gasteiger partial charge is 0.481 e. The van der Waals surface area contributed by atoms with Crippen molar-refractivity contribution < 1.29 is 19.4 Å². The van der Waals surface area contributed by atoms with Crippen molar-refractivity contribution in [1.29, 1.82) is 0 Å². The Balaban J connectivity index is 2.25. The number of rotatable bonds is 7. The van der Waals surface area contributed by atoms with Gasteiger partial charge in [0.15, 0.2) is 0 Å². The van der Waals surface area contributed by atoms with E-state index in [-0.39, 0.29) is 25.0 Å². The van der Waals surface area contributed by atoms with E-state index in [1.807, 2.05) is 7.05 Å². The molecule has 8 nitrogen and oxygen atoms in total. The van der Waals surface area contributed by atoms with Crippen molar-refractivity contribution in [1.82, 2.24) is 20.4 Å². The van der Waals surface area contributed by atoms with E-state index in [0.717, 1.165) is 19.6 Å². The number of carbonyl (C=O) groups is 2. The Hall–Kier alpha value is -1.38. The normalized spacial score (nSPS) is 21.8. The molecule has 1 fully saturated rings. The number of carbonyl (C=O) groups excluding carboxylic acids is 1. The molecular formula is C13H26N4O4. The second kappa shape index (κ2) is 8.81. The van der Waals surface area contributed by atoms with Crippen molar-refractivity contribution in [2.75, 3.05) is 53.9 Å². The summed E-state index contributed by atoms with van der Waals surface area (Å²) in [5, 5.41) is 14.1. The molecule has 0 aromatic rings. The number of carboxylic acid groups (broad SMARTS) is 1. The van der Waals surface area contributed by atoms with Gasteiger partial charge in [0, 0.05) is 45.9 Å². The molecule has 122 valence electrons. The molecule has 1 aliphatic rings. The van der Waals surface area contributed by atoms with Crippen LogP contribution in [-0.2, 0) is 9.53 Å². The summed E-state index contributed by atoms with van der Waals surface area (Å²) >= 11 is 0. The SMILES string of the molecule is COC(CNC(=O)NCC1CN(C)CCN1C)CC(=O)O. The van der Waals surface area contributed by atoms with Crippen molar-refractivity contribution in [3.8, 4) is 0 Å². The maximum absolute atomic E-state index is 11.7. The molecule has 0 spiro atoms. The summed E-state index contributed by atoms with van der Waals surface area (Å²) in [5.41, 5.74) is 0. The van der Waals surface area contributed by atoms with Crippen LogP contribution in [0.3, 0.4) is 0 Å². The lowest BCUT2D eigenvalue weighted by Gasteiger charge is -2.37. The first kappa shape index (κ1) is 17.7. The molecule has 0 aromatic carbocycles. The van der Waals surface area contributed by atoms with Gasteiger partial charge in [0.05, 0.1) is 12.5 Å². The molecule has 8 heteroatoms. The van der Waals surface area contributed by atoms with Crippen molar-refractivity contribution in [3.63, 3.8) is 0 Å². The van der Waals surface area contributed by atoms with Crippen LogP contribution in [-0.4, -0.2) is 93.0 Å². The van der Waals surface area contributed by atoms with Crippen LogP contribution in [0.15, 0.2) is 0 Å². The summed E-state index contributed by atoms with van der Waals surface area (Å²) in [6, 6.07) is -0.0178. The van der Waals surface area contributed by atoms with Gasteiger partial charge in [-0.15, -0.1) is 0 Å². The summed E-state index contributed by atoms with van der Waals surface area (Å²) in [7, 11) is 5.54. The molecule has 1 rings (SSSR count). The number of amides is 2. The van der Waals surface area contributed by atoms with Crippen LogP contribution in [0.5, 0.6) is 0 Å². The fourth-order valence-electron chi connectivity index (χ4n) is 2.23. The standard InChI is InChI=1S/C13H26N4O4/c1-16-4-5-17(2)10(9-16)7-14-13(20)15-8-11(21-3)6-12(18)19/h10-11H,4-9H2,1-3H3,(H,18,19)(H2,14,15,20). The van der Waals surface area contributed by atoms with Crippen LogP contribution in [0, 0.1) is 0 Å². The van der Waals surface area contributed by atoms with Gasteiger partial charge in [0.2, 0.25) is 0 Å². The molecule has 1 aliphatic heterocycles. The molecule has 3 N–H and O–H groups in total. The Morgan fingerprint density at radius 2 is 2.05 bits per heavy atom. The Morgan fingerprint density at radius 3 is 2.67 bits per heavy atom. The Labute approximate surface area is 125 Å². The van der Waals surface area contributed by atoms with Gasteiger partial charge < -0.3 is 25.4 Å². The quantitative estimate of drug-likeness (QED) is 0.560. The molecule has 0 saturated carbocycles. The molecule has 21 heavy (non-hydrogen) atoms. The van der Waals surface area contributed by atoms with Crippen molar-refractivity contribution in [3.05, 3.63) is 0 Å². The number of methoxy groups -OCH3 is 1. The molecule has 2 amide bonds. The molecule has 2 unspecified atom stereocenters. The first-order valence-corrected chi connectivity index (χ1v) is 7.07. The number of likely N-dealkylation sites (N-methyl/N-ethyl adjacent to an activating group) is 2. The fourth-order valence-corrected chi connectivity index (χ4v) is 2.23. The van der Waals surface area contributed by atoms with E-state index >= 15 is 0 Å². The summed E-state index contributed by atoms with van der Waals surface area (Å²) in [6.07, 6.45) is -0.649. The molecule has 2 atom stereocenters. The van der Waals surface area contributed by atoms with Crippen LogP contribution in [0.25, 0.3) is 0 Å². The van der Waals surface area contributed by atoms with Gasteiger partial charge >= 0.3 is 12.0 Å². The van der Waals surface area contributed by atoms with Crippen molar-refractivity contribution >= 4 is 12.0 Å². The number of nitrogens with one attached hydrogen (secondary N) is 2. The number of ether oxygens (including phenoxy) is 1. The lowest BCUT2D eigenvalue weighted by molar-refractivity contribution is -0.139. The Morgan fingerprint density at radius 1 is 1.33 bits per heavy atom. The average Bonchev–Trinajstić information content (AvgIpc) is 2.44. The smallest absolute Gasteiger partial charge is 0.314 e. The lowest BCUT2D eigenvalue weighted by atomic mass is 10.2. The molecule has 0 radical (unpaired) electrons. The Bertz CT molecular complexity index is 353. The van der Waals surface area contributed by atoms with E-state index in [4.69, 9.17) is 9.84 Å². The van der Waals surface area contributed by atoms with Gasteiger partial charge in [0.1, 0.15) is 0 Å². The average molecular weight is 302 g/mol. The van der Waals surface area contributed by atoms with E-state index in [9.17, 15) is 9.59 Å². The number of nitrogens with zero attached hydrogens (tertiary/aromatic N) is 2. The van der Waals surface area contributed by atoms with Gasteiger partial charge in [-0.25, -0.2) is 4.79 Å². The summed E-state index contributed by atoms with van der Waals surface area (Å²) in [4.78, 5) is 26.8. The maximum atomic E-state index is 11.7. The minimum absolute atomic E-state index is 0.132. The zero-order valence-electron chi connectivity index (χ0n) is 13.0. The number of carboxylic acids is 1. The van der Waals surface area contributed by atoms with E-state index in [2.05, 4.69) is 27.5 Å². The zero-order chi connectivity index (χ0) is 15.8. The van der Waals surface area contributed by atoms with Gasteiger partial charge in [-0.3, -0.25) is 9.69 Å². The highest BCUT2D eigenvalue weighted by Gasteiger charge is 2.22. The zero-order valence-corrected chi connectivity index (χ0v) is 13.0. The van der Waals surface area contributed by atoms with E-state index in [1.54, 1.807) is 0 Å². The molecule has 1 saturated heterocycles. The summed E-state index contributed by atoms with van der Waals surface area (Å²) < 4.78 is 5.00. The number of piperazine rings is 1. The highest BCUT2D eigenvalue weighted by atomic mass is 16.5. The summed E-state index contributed by atoms with van der Waals surface area (Å²) in [6.45, 7) is 3.66. The van der Waals surface area contributed by atoms with Gasteiger partial charge in [-0.05, 0) is 14.1 Å². The van der Waals surface area contributed by atoms with Crippen LogP contribution < -0.4 is 10.6 Å². The molecule has 1 heterocycles. The second-order valence-corrected chi connectivity index (χ2v) is 5.44. The van der Waals surface area contributed by atoms with Gasteiger partial charge in [0.25, 0.3) is 0 Å². The van der Waals surface area contributed by atoms with E-state index in [0.29, 0.717) is 6.54 Å². The number of urea groups is 1. The van der Waals surface area contributed by atoms with Crippen molar-refractivity contribution in [2.45, 2.75) is 18.6 Å². The van der Waals surface area contributed by atoms with Crippen LogP contribution in [0.4, 0.5) is 4.79 Å². The van der Waals surface area contributed by atoms with Crippen molar-refractivity contribution in [2.24, 2.45) is 0 Å². The number of hydrogen-bond donors (Lipinski definition) is 3. The van der Waals surface area contributed by atoms with Gasteiger partial charge in [-0.2, -0.15) is 0 Å². The highest BCUT2D eigenvalue weighted by molar-refractivity contribution is 5.74. The van der Waals surface area contributed by atoms with Crippen LogP contribution in [0.1, 0.15) is 6.42 Å². The third-order valence-electron chi connectivity index (χ3n) is 3.70. The fraction of sp³-hybridized carbons (Fsp3) is 0.846. The lowest BCUT2D eigenvalue weighted by Crippen LogP contribution is -2.55. The third-order valence-corrected chi connectivity index (χ3v) is 3.70. The third kappa shape index (κ3) is 6.74. The summed E-state index contributed by atoms with van der Waals surface area (Å²) in [5.74, 6) is -0.948. The Kier molecular flexibility index (Phi) is 7.41. The number of aliphatic carboxylic acids is 1. The number of hydrogen-bond acceptors (Lipinski definition) is 5. The van der Waals surface area contributed by atoms with E-state index < -0.39 is 12.1 Å². The topological polar surface area (TPSA) is 94.1 Å². The minimum atomic E-state index is -0.948. The van der Waals surface area contributed by atoms with Crippen LogP contribution in [0.2, 0.25) is 0 Å². The van der Waals surface area contributed by atoms with Gasteiger partial charge in [-0.1, -0.05) is 0 Å². The first-order valence-electron chi connectivity index (χ1n) is 7.07. The monoisotopic (exact) mass is 302 g/mol. The maximum Gasteiger partial charge on any atom is 0.314 e. The second-order valence-electron chi connectivity index (χ2n) is 5.44. The van der Waals surface area contributed by atoms with Crippen LogP contribution >= 0.6 is 0 Å². The molecule has 0 aliphatic carbocycles. The molecule has 0 aromatic heterocycles. The predicted octanol–water partition coefficient (Wildman–Crippen LogP) is -0.979. The molecule has 0 bridgehead atoms. The van der Waals surface area contributed by atoms with E-state index in [1.165, 1.54) is 7.11 Å². The molecular weight excluding hydrogens is 276 g/mol. The predicted molar refractivity (Wildman–Crippen MR) is 78.4 cm³/mol. The minimum Gasteiger partial charge on any atom is -0.481 e.